The van der Waals surface area contributed by atoms with Gasteiger partial charge in [0.25, 0.3) is 0 Å². The molecule has 20 heavy (non-hydrogen) atoms. The number of ether oxygens (including phenoxy) is 1. The smallest absolute Gasteiger partial charge is 0.231 e. The van der Waals surface area contributed by atoms with Crippen molar-refractivity contribution in [3.05, 3.63) is 24.0 Å². The van der Waals surface area contributed by atoms with E-state index < -0.39 is 11.2 Å². The fraction of sp³-hybridized carbons (Fsp3) is 0.500. The van der Waals surface area contributed by atoms with Gasteiger partial charge in [-0.05, 0) is 38.4 Å². The number of piperidine rings is 1. The molecule has 0 aromatic heterocycles. The quantitative estimate of drug-likeness (QED) is 0.902. The molecule has 0 saturated carbocycles. The van der Waals surface area contributed by atoms with E-state index >= 15 is 0 Å². The van der Waals surface area contributed by atoms with Crippen molar-refractivity contribution in [2.24, 2.45) is 5.41 Å². The summed E-state index contributed by atoms with van der Waals surface area (Å²) < 4.78 is 18.2. The molecule has 0 bridgehead atoms. The first-order valence-corrected chi connectivity index (χ1v) is 6.41. The van der Waals surface area contributed by atoms with E-state index in [1.54, 1.807) is 0 Å². The first kappa shape index (κ1) is 16.7. The maximum Gasteiger partial charge on any atom is 0.231 e. The molecule has 1 unspecified atom stereocenters. The highest BCUT2D eigenvalue weighted by Gasteiger charge is 2.34. The van der Waals surface area contributed by atoms with Gasteiger partial charge in [-0.25, -0.2) is 4.39 Å². The van der Waals surface area contributed by atoms with Crippen LogP contribution in [0.3, 0.4) is 0 Å². The van der Waals surface area contributed by atoms with Crippen LogP contribution in [0.5, 0.6) is 5.75 Å². The number of anilines is 1. The number of halogens is 2. The molecule has 1 aromatic carbocycles. The zero-order chi connectivity index (χ0) is 13.9. The van der Waals surface area contributed by atoms with Gasteiger partial charge < -0.3 is 15.4 Å². The van der Waals surface area contributed by atoms with Crippen LogP contribution in [-0.4, -0.2) is 26.1 Å². The largest absolute Gasteiger partial charge is 0.494 e. The van der Waals surface area contributed by atoms with Crippen LogP contribution in [-0.2, 0) is 4.79 Å². The molecule has 1 heterocycles. The average Bonchev–Trinajstić information content (AvgIpc) is 2.41. The standard InChI is InChI=1S/C14H19FN2O2.ClH/c1-14(6-3-7-16-9-14)13(18)17-10-4-5-11(15)12(8-10)19-2;/h4-5,8,16H,3,6-7,9H2,1-2H3,(H,17,18);1H. The molecule has 0 aliphatic carbocycles. The first-order valence-electron chi connectivity index (χ1n) is 6.41. The van der Waals surface area contributed by atoms with Gasteiger partial charge in [-0.2, -0.15) is 0 Å². The summed E-state index contributed by atoms with van der Waals surface area (Å²) in [7, 11) is 1.40. The topological polar surface area (TPSA) is 50.4 Å². The molecular weight excluding hydrogens is 283 g/mol. The number of nitrogens with one attached hydrogen (secondary N) is 2. The lowest BCUT2D eigenvalue weighted by molar-refractivity contribution is -0.125. The molecule has 1 aliphatic rings. The predicted molar refractivity (Wildman–Crippen MR) is 79.0 cm³/mol. The first-order chi connectivity index (χ1) is 9.05. The minimum Gasteiger partial charge on any atom is -0.494 e. The van der Waals surface area contributed by atoms with E-state index in [0.717, 1.165) is 19.4 Å². The van der Waals surface area contributed by atoms with Gasteiger partial charge in [0.2, 0.25) is 5.91 Å². The predicted octanol–water partition coefficient (Wildman–Crippen LogP) is 2.58. The summed E-state index contributed by atoms with van der Waals surface area (Å²) in [6, 6.07) is 4.32. The zero-order valence-corrected chi connectivity index (χ0v) is 12.5. The fourth-order valence-electron chi connectivity index (χ4n) is 2.27. The third-order valence-electron chi connectivity index (χ3n) is 3.55. The van der Waals surface area contributed by atoms with Crippen LogP contribution in [0.25, 0.3) is 0 Å². The molecule has 4 nitrogen and oxygen atoms in total. The molecule has 6 heteroatoms. The number of benzene rings is 1. The number of carbonyl (C=O) groups excluding carboxylic acids is 1. The Hall–Kier alpha value is -1.33. The second-order valence-electron chi connectivity index (χ2n) is 5.14. The van der Waals surface area contributed by atoms with Crippen molar-refractivity contribution in [3.8, 4) is 5.75 Å². The van der Waals surface area contributed by atoms with E-state index in [0.29, 0.717) is 12.2 Å². The third kappa shape index (κ3) is 3.61. The van der Waals surface area contributed by atoms with Crippen LogP contribution in [0.2, 0.25) is 0 Å². The highest BCUT2D eigenvalue weighted by molar-refractivity contribution is 5.95. The van der Waals surface area contributed by atoms with Gasteiger partial charge in [0.05, 0.1) is 12.5 Å². The molecule has 1 fully saturated rings. The van der Waals surface area contributed by atoms with Crippen LogP contribution in [0.4, 0.5) is 10.1 Å². The SMILES string of the molecule is COc1cc(NC(=O)C2(C)CCCNC2)ccc1F.Cl. The van der Waals surface area contributed by atoms with E-state index in [9.17, 15) is 9.18 Å². The molecule has 2 rings (SSSR count). The van der Waals surface area contributed by atoms with Gasteiger partial charge in [-0.15, -0.1) is 12.4 Å². The van der Waals surface area contributed by atoms with Crippen LogP contribution in [0.15, 0.2) is 18.2 Å². The molecule has 2 N–H and O–H groups in total. The van der Waals surface area contributed by atoms with Crippen molar-refractivity contribution in [3.63, 3.8) is 0 Å². The van der Waals surface area contributed by atoms with E-state index in [1.165, 1.54) is 25.3 Å². The van der Waals surface area contributed by atoms with Crippen molar-refractivity contribution < 1.29 is 13.9 Å². The Labute approximate surface area is 124 Å². The molecule has 1 aliphatic heterocycles. The van der Waals surface area contributed by atoms with Gasteiger partial charge in [0, 0.05) is 18.3 Å². The highest BCUT2D eigenvalue weighted by Crippen LogP contribution is 2.28. The molecule has 1 saturated heterocycles. The molecule has 1 atom stereocenters. The van der Waals surface area contributed by atoms with Crippen LogP contribution in [0, 0.1) is 11.2 Å². The Kier molecular flexibility index (Phi) is 5.77. The number of carbonyl (C=O) groups is 1. The maximum absolute atomic E-state index is 13.3. The minimum atomic E-state index is -0.439. The van der Waals surface area contributed by atoms with E-state index in [2.05, 4.69) is 10.6 Å². The van der Waals surface area contributed by atoms with Gasteiger partial charge in [0.15, 0.2) is 11.6 Å². The summed E-state index contributed by atoms with van der Waals surface area (Å²) in [5.41, 5.74) is 0.134. The summed E-state index contributed by atoms with van der Waals surface area (Å²) in [4.78, 5) is 12.3. The lowest BCUT2D eigenvalue weighted by atomic mass is 9.82. The van der Waals surface area contributed by atoms with Gasteiger partial charge in [-0.1, -0.05) is 0 Å². The average molecular weight is 303 g/mol. The van der Waals surface area contributed by atoms with Crippen LogP contribution in [0.1, 0.15) is 19.8 Å². The normalized spacial score (nSPS) is 21.8. The summed E-state index contributed by atoms with van der Waals surface area (Å²) in [6.07, 6.45) is 1.83. The number of hydrogen-bond acceptors (Lipinski definition) is 3. The molecule has 1 aromatic rings. The lowest BCUT2D eigenvalue weighted by Gasteiger charge is -2.32. The number of hydrogen-bond donors (Lipinski definition) is 2. The third-order valence-corrected chi connectivity index (χ3v) is 3.55. The van der Waals surface area contributed by atoms with Crippen molar-refractivity contribution in [2.45, 2.75) is 19.8 Å². The Balaban J connectivity index is 0.00000200. The Morgan fingerprint density at radius 3 is 2.85 bits per heavy atom. The monoisotopic (exact) mass is 302 g/mol. The van der Waals surface area contributed by atoms with Crippen LogP contribution >= 0.6 is 12.4 Å². The summed E-state index contributed by atoms with van der Waals surface area (Å²) >= 11 is 0. The lowest BCUT2D eigenvalue weighted by Crippen LogP contribution is -2.46. The molecule has 1 amide bonds. The number of amides is 1. The Morgan fingerprint density at radius 1 is 1.50 bits per heavy atom. The molecule has 112 valence electrons. The minimum absolute atomic E-state index is 0. The van der Waals surface area contributed by atoms with Crippen molar-refractivity contribution in [1.82, 2.24) is 5.32 Å². The summed E-state index contributed by atoms with van der Waals surface area (Å²) in [6.45, 7) is 3.56. The summed E-state index contributed by atoms with van der Waals surface area (Å²) in [5, 5.41) is 6.06. The van der Waals surface area contributed by atoms with E-state index in [1.807, 2.05) is 6.92 Å². The van der Waals surface area contributed by atoms with Gasteiger partial charge >= 0.3 is 0 Å². The van der Waals surface area contributed by atoms with Crippen molar-refractivity contribution >= 4 is 24.0 Å². The second kappa shape index (κ2) is 6.90. The molecule has 0 radical (unpaired) electrons. The van der Waals surface area contributed by atoms with Crippen LogP contribution < -0.4 is 15.4 Å². The summed E-state index contributed by atoms with van der Waals surface area (Å²) in [5.74, 6) is -0.357. The highest BCUT2D eigenvalue weighted by atomic mass is 35.5. The molecule has 0 spiro atoms. The number of methoxy groups -OCH3 is 1. The van der Waals surface area contributed by atoms with E-state index in [-0.39, 0.29) is 24.1 Å². The van der Waals surface area contributed by atoms with Crippen molar-refractivity contribution in [1.29, 1.82) is 0 Å². The number of rotatable bonds is 3. The fourth-order valence-corrected chi connectivity index (χ4v) is 2.27. The zero-order valence-electron chi connectivity index (χ0n) is 11.7. The Bertz CT molecular complexity index is 476. The Morgan fingerprint density at radius 2 is 2.25 bits per heavy atom. The maximum atomic E-state index is 13.3. The van der Waals surface area contributed by atoms with Gasteiger partial charge in [-0.3, -0.25) is 4.79 Å². The second-order valence-corrected chi connectivity index (χ2v) is 5.14. The van der Waals surface area contributed by atoms with E-state index in [4.69, 9.17) is 4.74 Å². The van der Waals surface area contributed by atoms with Gasteiger partial charge in [0.1, 0.15) is 0 Å². The van der Waals surface area contributed by atoms with Crippen molar-refractivity contribution in [2.75, 3.05) is 25.5 Å². The molecular formula is C14H20ClFN2O2.